The molecule has 0 saturated carbocycles. The molecule has 1 N–H and O–H groups in total. The molecule has 0 amide bonds. The lowest BCUT2D eigenvalue weighted by Gasteiger charge is -2.36. The first-order valence-corrected chi connectivity index (χ1v) is 7.82. The number of fused-ring (bicyclic) bond motifs is 3. The van der Waals surface area contributed by atoms with Gasteiger partial charge in [-0.2, -0.15) is 0 Å². The molecule has 2 aliphatic rings. The minimum absolute atomic E-state index is 0.716. The van der Waals surface area contributed by atoms with Gasteiger partial charge >= 0.3 is 0 Å². The maximum absolute atomic E-state index is 6.21. The molecule has 19 heavy (non-hydrogen) atoms. The highest BCUT2D eigenvalue weighted by molar-refractivity contribution is 6.31. The Morgan fingerprint density at radius 2 is 2.32 bits per heavy atom. The monoisotopic (exact) mass is 275 g/mol. The van der Waals surface area contributed by atoms with Crippen LogP contribution in [0.15, 0.2) is 18.2 Å². The van der Waals surface area contributed by atoms with Gasteiger partial charge in [0, 0.05) is 22.3 Å². The van der Waals surface area contributed by atoms with Crippen molar-refractivity contribution in [3.63, 3.8) is 0 Å². The van der Waals surface area contributed by atoms with Crippen LogP contribution in [-0.2, 0) is 13.0 Å². The summed E-state index contributed by atoms with van der Waals surface area (Å²) in [5, 5.41) is 2.28. The molecule has 1 aliphatic heterocycles. The summed E-state index contributed by atoms with van der Waals surface area (Å²) in [4.78, 5) is 1.77. The molecule has 1 aliphatic carbocycles. The summed E-state index contributed by atoms with van der Waals surface area (Å²) in [6.07, 6.45) is 3.90. The Hall–Kier alpha value is -0.990. The average Bonchev–Trinajstić information content (AvgIpc) is 2.75. The number of nitrogens with one attached hydrogen (secondary N) is 1. The first kappa shape index (κ1) is 11.8. The van der Waals surface area contributed by atoms with Crippen LogP contribution in [0, 0.1) is 0 Å². The van der Waals surface area contributed by atoms with Crippen LogP contribution in [0.2, 0.25) is 5.02 Å². The van der Waals surface area contributed by atoms with Crippen molar-refractivity contribution in [2.24, 2.45) is 0 Å². The number of aryl methyl sites for hydroxylation is 1. The Morgan fingerprint density at radius 1 is 1.42 bits per heavy atom. The number of benzene rings is 1. The van der Waals surface area contributed by atoms with Crippen molar-refractivity contribution in [2.45, 2.75) is 38.8 Å². The van der Waals surface area contributed by atoms with E-state index >= 15 is 0 Å². The van der Waals surface area contributed by atoms with Gasteiger partial charge in [0.05, 0.1) is 25.3 Å². The number of nitrogens with zero attached hydrogens (tertiary/aromatic N) is 1. The number of rotatable bonds is 1. The summed E-state index contributed by atoms with van der Waals surface area (Å²) in [6, 6.07) is 7.14. The summed E-state index contributed by atoms with van der Waals surface area (Å²) in [7, 11) is 0. The fourth-order valence-electron chi connectivity index (χ4n) is 4.19. The Kier molecular flexibility index (Phi) is 2.64. The van der Waals surface area contributed by atoms with Gasteiger partial charge in [0.25, 0.3) is 0 Å². The maximum atomic E-state index is 6.21. The van der Waals surface area contributed by atoms with Crippen molar-refractivity contribution < 1.29 is 4.90 Å². The van der Waals surface area contributed by atoms with Crippen molar-refractivity contribution in [1.29, 1.82) is 0 Å². The molecule has 2 aromatic rings. The number of quaternary nitrogens is 1. The van der Waals surface area contributed by atoms with E-state index in [4.69, 9.17) is 11.6 Å². The van der Waals surface area contributed by atoms with Crippen LogP contribution < -0.4 is 4.90 Å². The van der Waals surface area contributed by atoms with Crippen molar-refractivity contribution in [3.05, 3.63) is 34.5 Å². The van der Waals surface area contributed by atoms with Gasteiger partial charge in [-0.3, -0.25) is 0 Å². The standard InChI is InChI=1S/C16H19ClN2/c1-2-18-8-9-19-14-7-6-11(17)10-13(14)12-4-3-5-15(18)16(12)19/h6-7,10,15H,2-5,8-9H2,1H3/p+1/t15-/m0/s1. The van der Waals surface area contributed by atoms with Crippen LogP contribution in [0.1, 0.15) is 37.1 Å². The third-order valence-corrected chi connectivity index (χ3v) is 5.26. The van der Waals surface area contributed by atoms with Crippen molar-refractivity contribution in [2.75, 3.05) is 13.1 Å². The molecule has 0 radical (unpaired) electrons. The van der Waals surface area contributed by atoms with Gasteiger partial charge in [-0.1, -0.05) is 11.6 Å². The second kappa shape index (κ2) is 4.26. The molecule has 1 unspecified atom stereocenters. The zero-order valence-electron chi connectivity index (χ0n) is 11.4. The molecular formula is C16H20ClN2+. The molecule has 0 saturated heterocycles. The van der Waals surface area contributed by atoms with E-state index < -0.39 is 0 Å². The zero-order valence-corrected chi connectivity index (χ0v) is 12.1. The predicted octanol–water partition coefficient (Wildman–Crippen LogP) is 2.59. The van der Waals surface area contributed by atoms with Crippen LogP contribution in [0.25, 0.3) is 10.9 Å². The van der Waals surface area contributed by atoms with Gasteiger partial charge in [-0.25, -0.2) is 0 Å². The Bertz CT molecular complexity index is 644. The molecule has 1 aromatic carbocycles. The number of hydrogen-bond acceptors (Lipinski definition) is 0. The van der Waals surface area contributed by atoms with Crippen LogP contribution in [0.5, 0.6) is 0 Å². The number of likely N-dealkylation sites (N-methyl/N-ethyl adjacent to an activating group) is 1. The molecule has 100 valence electrons. The highest BCUT2D eigenvalue weighted by Gasteiger charge is 2.36. The van der Waals surface area contributed by atoms with E-state index in [0.29, 0.717) is 6.04 Å². The van der Waals surface area contributed by atoms with Crippen molar-refractivity contribution >= 4 is 22.5 Å². The summed E-state index contributed by atoms with van der Waals surface area (Å²) < 4.78 is 2.57. The summed E-state index contributed by atoms with van der Waals surface area (Å²) in [5.74, 6) is 0. The summed E-state index contributed by atoms with van der Waals surface area (Å²) in [6.45, 7) is 5.98. The number of aromatic nitrogens is 1. The molecule has 4 rings (SSSR count). The molecule has 0 bridgehead atoms. The predicted molar refractivity (Wildman–Crippen MR) is 79.0 cm³/mol. The van der Waals surface area contributed by atoms with E-state index in [1.807, 2.05) is 6.07 Å². The number of hydrogen-bond donors (Lipinski definition) is 1. The Labute approximate surface area is 119 Å². The second-order valence-electron chi connectivity index (χ2n) is 5.88. The summed E-state index contributed by atoms with van der Waals surface area (Å²) >= 11 is 6.21. The fourth-order valence-corrected chi connectivity index (χ4v) is 4.36. The molecule has 0 spiro atoms. The van der Waals surface area contributed by atoms with Crippen molar-refractivity contribution in [1.82, 2.24) is 4.57 Å². The third-order valence-electron chi connectivity index (χ3n) is 5.03. The molecule has 2 atom stereocenters. The van der Waals surface area contributed by atoms with E-state index in [1.165, 1.54) is 43.3 Å². The fraction of sp³-hybridized carbons (Fsp3) is 0.500. The first-order valence-electron chi connectivity index (χ1n) is 7.44. The van der Waals surface area contributed by atoms with Gasteiger partial charge in [0.1, 0.15) is 6.04 Å². The van der Waals surface area contributed by atoms with Gasteiger partial charge in [0.2, 0.25) is 0 Å². The summed E-state index contributed by atoms with van der Waals surface area (Å²) in [5.41, 5.74) is 4.60. The lowest BCUT2D eigenvalue weighted by molar-refractivity contribution is -0.935. The van der Waals surface area contributed by atoms with Crippen molar-refractivity contribution in [3.8, 4) is 0 Å². The smallest absolute Gasteiger partial charge is 0.129 e. The lowest BCUT2D eigenvalue weighted by Crippen LogP contribution is -3.13. The third kappa shape index (κ3) is 1.60. The van der Waals surface area contributed by atoms with Crippen LogP contribution in [0.3, 0.4) is 0 Å². The van der Waals surface area contributed by atoms with Crippen LogP contribution >= 0.6 is 11.6 Å². The molecule has 3 heteroatoms. The largest absolute Gasteiger partial charge is 0.334 e. The number of halogens is 1. The normalized spacial score (nSPS) is 25.6. The minimum Gasteiger partial charge on any atom is -0.334 e. The highest BCUT2D eigenvalue weighted by Crippen LogP contribution is 2.38. The molecule has 2 heterocycles. The topological polar surface area (TPSA) is 9.37 Å². The average molecular weight is 276 g/mol. The molecular weight excluding hydrogens is 256 g/mol. The quantitative estimate of drug-likeness (QED) is 0.820. The van der Waals surface area contributed by atoms with E-state index in [2.05, 4.69) is 23.6 Å². The second-order valence-corrected chi connectivity index (χ2v) is 6.32. The van der Waals surface area contributed by atoms with Crippen LogP contribution in [0.4, 0.5) is 0 Å². The molecule has 2 nitrogen and oxygen atoms in total. The van der Waals surface area contributed by atoms with Gasteiger partial charge < -0.3 is 9.47 Å². The maximum Gasteiger partial charge on any atom is 0.129 e. The Balaban J connectivity index is 2.01. The van der Waals surface area contributed by atoms with E-state index in [1.54, 1.807) is 16.2 Å². The highest BCUT2D eigenvalue weighted by atomic mass is 35.5. The van der Waals surface area contributed by atoms with E-state index in [0.717, 1.165) is 11.6 Å². The minimum atomic E-state index is 0.716. The first-order chi connectivity index (χ1) is 9.29. The van der Waals surface area contributed by atoms with E-state index in [9.17, 15) is 0 Å². The SMILES string of the molecule is CC[NH+]1CCn2c3c(c4cc(Cl)ccc42)CCC[C@@H]31. The lowest BCUT2D eigenvalue weighted by atomic mass is 9.90. The van der Waals surface area contributed by atoms with Gasteiger partial charge in [-0.15, -0.1) is 0 Å². The molecule has 1 aromatic heterocycles. The van der Waals surface area contributed by atoms with E-state index in [-0.39, 0.29) is 0 Å². The molecule has 0 fully saturated rings. The van der Waals surface area contributed by atoms with Crippen LogP contribution in [-0.4, -0.2) is 17.7 Å². The van der Waals surface area contributed by atoms with Gasteiger partial charge in [-0.05, 0) is 43.5 Å². The Morgan fingerprint density at radius 3 is 3.16 bits per heavy atom. The van der Waals surface area contributed by atoms with Gasteiger partial charge in [0.15, 0.2) is 0 Å². The zero-order chi connectivity index (χ0) is 13.0.